The van der Waals surface area contributed by atoms with Crippen molar-refractivity contribution in [3.63, 3.8) is 0 Å². The molecule has 18 heavy (non-hydrogen) atoms. The fraction of sp³-hybridized carbons (Fsp3) is 0.625. The maximum absolute atomic E-state index is 9.84. The predicted octanol–water partition coefficient (Wildman–Crippen LogP) is 2.68. The maximum atomic E-state index is 9.84. The van der Waals surface area contributed by atoms with Gasteiger partial charge in [-0.05, 0) is 30.4 Å². The number of ether oxygens (including phenoxy) is 1. The van der Waals surface area contributed by atoms with Gasteiger partial charge in [0.05, 0.1) is 13.2 Å². The minimum Gasteiger partial charge on any atom is -0.396 e. The molecule has 0 amide bonds. The molecule has 1 N–H and O–H groups in total. The summed E-state index contributed by atoms with van der Waals surface area (Å²) in [4.78, 5) is 0. The Morgan fingerprint density at radius 3 is 2.17 bits per heavy atom. The largest absolute Gasteiger partial charge is 0.396 e. The van der Waals surface area contributed by atoms with Crippen LogP contribution in [0.15, 0.2) is 24.3 Å². The van der Waals surface area contributed by atoms with Gasteiger partial charge in [0.1, 0.15) is 0 Å². The smallest absolute Gasteiger partial charge is 0.0591 e. The van der Waals surface area contributed by atoms with Crippen LogP contribution in [0, 0.1) is 5.41 Å². The molecule has 2 aliphatic rings. The van der Waals surface area contributed by atoms with Gasteiger partial charge in [-0.15, -0.1) is 0 Å². The molecule has 1 aliphatic heterocycles. The van der Waals surface area contributed by atoms with E-state index in [0.717, 1.165) is 32.5 Å². The zero-order valence-electron chi connectivity index (χ0n) is 11.1. The van der Waals surface area contributed by atoms with Crippen LogP contribution >= 0.6 is 0 Å². The van der Waals surface area contributed by atoms with Gasteiger partial charge < -0.3 is 9.84 Å². The molecule has 0 atom stereocenters. The molecule has 1 heterocycles. The van der Waals surface area contributed by atoms with Crippen molar-refractivity contribution in [1.82, 2.24) is 0 Å². The average Bonchev–Trinajstić information content (AvgIpc) is 2.31. The minimum atomic E-state index is 0.0757. The lowest BCUT2D eigenvalue weighted by atomic mass is 9.50. The van der Waals surface area contributed by atoms with Crippen LogP contribution in [0.4, 0.5) is 0 Å². The third kappa shape index (κ3) is 1.49. The fourth-order valence-corrected chi connectivity index (χ4v) is 3.54. The second-order valence-corrected chi connectivity index (χ2v) is 5.92. The second-order valence-electron chi connectivity index (χ2n) is 5.92. The molecule has 3 rings (SSSR count). The highest BCUT2D eigenvalue weighted by Crippen LogP contribution is 2.58. The van der Waals surface area contributed by atoms with E-state index in [1.54, 1.807) is 0 Å². The summed E-state index contributed by atoms with van der Waals surface area (Å²) in [6.45, 7) is 4.03. The highest BCUT2D eigenvalue weighted by atomic mass is 16.5. The molecule has 1 saturated carbocycles. The van der Waals surface area contributed by atoms with E-state index in [0.29, 0.717) is 6.61 Å². The van der Waals surface area contributed by atoms with Gasteiger partial charge in [0, 0.05) is 17.4 Å². The van der Waals surface area contributed by atoms with Gasteiger partial charge in [0.15, 0.2) is 0 Å². The van der Waals surface area contributed by atoms with Gasteiger partial charge in [-0.1, -0.05) is 37.6 Å². The number of aliphatic hydroxyl groups excluding tert-OH is 1. The summed E-state index contributed by atoms with van der Waals surface area (Å²) < 4.78 is 5.52. The number of hydrogen-bond donors (Lipinski definition) is 1. The van der Waals surface area contributed by atoms with Gasteiger partial charge >= 0.3 is 0 Å². The molecule has 0 spiro atoms. The molecule has 0 unspecified atom stereocenters. The van der Waals surface area contributed by atoms with Gasteiger partial charge in [-0.25, -0.2) is 0 Å². The van der Waals surface area contributed by atoms with Gasteiger partial charge in [0.2, 0.25) is 0 Å². The van der Waals surface area contributed by atoms with Gasteiger partial charge in [-0.2, -0.15) is 0 Å². The summed E-state index contributed by atoms with van der Waals surface area (Å²) in [6, 6.07) is 8.94. The van der Waals surface area contributed by atoms with Crippen LogP contribution in [0.2, 0.25) is 0 Å². The monoisotopic (exact) mass is 246 g/mol. The fourth-order valence-electron chi connectivity index (χ4n) is 3.54. The topological polar surface area (TPSA) is 29.5 Å². The Morgan fingerprint density at radius 2 is 1.83 bits per heavy atom. The first kappa shape index (κ1) is 12.2. The third-order valence-corrected chi connectivity index (χ3v) is 5.24. The van der Waals surface area contributed by atoms with Crippen molar-refractivity contribution < 1.29 is 9.84 Å². The van der Waals surface area contributed by atoms with Crippen LogP contribution in [-0.2, 0) is 16.6 Å². The van der Waals surface area contributed by atoms with Crippen LogP contribution in [0.25, 0.3) is 0 Å². The van der Waals surface area contributed by atoms with E-state index >= 15 is 0 Å². The first-order valence-corrected chi connectivity index (χ1v) is 7.04. The molecule has 2 fully saturated rings. The lowest BCUT2D eigenvalue weighted by Gasteiger charge is -2.59. The Kier molecular flexibility index (Phi) is 2.95. The van der Waals surface area contributed by atoms with Crippen LogP contribution in [0.1, 0.15) is 37.3 Å². The summed E-state index contributed by atoms with van der Waals surface area (Å²) in [6.07, 6.45) is 4.61. The van der Waals surface area contributed by atoms with Crippen LogP contribution in [0.3, 0.4) is 0 Å². The van der Waals surface area contributed by atoms with Crippen molar-refractivity contribution in [1.29, 1.82) is 0 Å². The van der Waals surface area contributed by atoms with Gasteiger partial charge in [-0.3, -0.25) is 0 Å². The number of hydrogen-bond acceptors (Lipinski definition) is 2. The molecule has 0 bridgehead atoms. The summed E-state index contributed by atoms with van der Waals surface area (Å²) in [7, 11) is 0. The normalized spacial score (nSPS) is 24.1. The lowest BCUT2D eigenvalue weighted by molar-refractivity contribution is -0.173. The van der Waals surface area contributed by atoms with Crippen molar-refractivity contribution in [2.45, 2.75) is 38.0 Å². The minimum absolute atomic E-state index is 0.0757. The Morgan fingerprint density at radius 1 is 1.17 bits per heavy atom. The van der Waals surface area contributed by atoms with Gasteiger partial charge in [0.25, 0.3) is 0 Å². The molecule has 0 radical (unpaired) electrons. The summed E-state index contributed by atoms with van der Waals surface area (Å²) in [5.74, 6) is 0. The number of rotatable bonds is 4. The second kappa shape index (κ2) is 4.36. The third-order valence-electron chi connectivity index (χ3n) is 5.24. The van der Waals surface area contributed by atoms with E-state index in [1.165, 1.54) is 17.5 Å². The maximum Gasteiger partial charge on any atom is 0.0591 e. The molecule has 1 aliphatic carbocycles. The molecular weight excluding hydrogens is 224 g/mol. The first-order chi connectivity index (χ1) is 8.76. The van der Waals surface area contributed by atoms with Crippen LogP contribution in [-0.4, -0.2) is 24.9 Å². The van der Waals surface area contributed by atoms with Crippen molar-refractivity contribution in [3.8, 4) is 0 Å². The zero-order chi connectivity index (χ0) is 12.6. The van der Waals surface area contributed by atoms with Crippen molar-refractivity contribution in [3.05, 3.63) is 35.4 Å². The van der Waals surface area contributed by atoms with Crippen molar-refractivity contribution >= 4 is 0 Å². The molecule has 1 aromatic carbocycles. The van der Waals surface area contributed by atoms with Crippen molar-refractivity contribution in [2.75, 3.05) is 19.8 Å². The Balaban J connectivity index is 1.95. The highest BCUT2D eigenvalue weighted by molar-refractivity contribution is 5.35. The number of aryl methyl sites for hydroxylation is 1. The molecule has 2 nitrogen and oxygen atoms in total. The van der Waals surface area contributed by atoms with E-state index in [1.807, 2.05) is 0 Å². The Labute approximate surface area is 109 Å². The van der Waals surface area contributed by atoms with E-state index < -0.39 is 0 Å². The van der Waals surface area contributed by atoms with Crippen LogP contribution < -0.4 is 0 Å². The summed E-state index contributed by atoms with van der Waals surface area (Å²) in [5.41, 5.74) is 2.89. The summed E-state index contributed by atoms with van der Waals surface area (Å²) >= 11 is 0. The average molecular weight is 246 g/mol. The van der Waals surface area contributed by atoms with E-state index in [2.05, 4.69) is 31.2 Å². The zero-order valence-corrected chi connectivity index (χ0v) is 11.1. The summed E-state index contributed by atoms with van der Waals surface area (Å²) in [5, 5.41) is 9.84. The molecule has 0 aromatic heterocycles. The SMILES string of the molecule is CCc1ccc(C2(C3(CO)CCC3)COC2)cc1. The molecular formula is C16H22O2. The van der Waals surface area contributed by atoms with E-state index in [4.69, 9.17) is 4.74 Å². The number of aliphatic hydroxyl groups is 1. The predicted molar refractivity (Wildman–Crippen MR) is 71.7 cm³/mol. The van der Waals surface area contributed by atoms with Crippen molar-refractivity contribution in [2.24, 2.45) is 5.41 Å². The first-order valence-electron chi connectivity index (χ1n) is 7.04. The van der Waals surface area contributed by atoms with E-state index in [-0.39, 0.29) is 10.8 Å². The van der Waals surface area contributed by atoms with Crippen LogP contribution in [0.5, 0.6) is 0 Å². The Hall–Kier alpha value is -0.860. The molecule has 1 aromatic rings. The molecule has 2 heteroatoms. The highest BCUT2D eigenvalue weighted by Gasteiger charge is 2.59. The quantitative estimate of drug-likeness (QED) is 0.885. The molecule has 98 valence electrons. The lowest BCUT2D eigenvalue weighted by Crippen LogP contribution is -2.63. The standard InChI is InChI=1S/C16H22O2/c1-2-13-4-6-14(7-5-13)16(11-18-12-16)15(10-17)8-3-9-15/h4-7,17H,2-3,8-12H2,1H3. The number of benzene rings is 1. The molecule has 1 saturated heterocycles. The van der Waals surface area contributed by atoms with E-state index in [9.17, 15) is 5.11 Å². The Bertz CT molecular complexity index is 408.